The molecule has 0 aromatic rings. The summed E-state index contributed by atoms with van der Waals surface area (Å²) in [6.45, 7) is 0. The first kappa shape index (κ1) is 73.3. The van der Waals surface area contributed by atoms with Gasteiger partial charge in [0, 0.05) is 121 Å². The Hall–Kier alpha value is 3.71. The van der Waals surface area contributed by atoms with Crippen molar-refractivity contribution in [2.45, 2.75) is 0 Å². The zero-order valence-corrected chi connectivity index (χ0v) is 11.6. The quantitative estimate of drug-likeness (QED) is 0.528. The van der Waals surface area contributed by atoms with Crippen molar-refractivity contribution in [3.05, 3.63) is 0 Å². The molecule has 0 radical (unpaired) electrons. The summed E-state index contributed by atoms with van der Waals surface area (Å²) in [5.74, 6) is 0. The van der Waals surface area contributed by atoms with Gasteiger partial charge in [-0.2, -0.15) is 0 Å². The van der Waals surface area contributed by atoms with Gasteiger partial charge < -0.3 is 0 Å². The van der Waals surface area contributed by atoms with Gasteiger partial charge in [0.1, 0.15) is 0 Å². The van der Waals surface area contributed by atoms with Crippen LogP contribution in [0.5, 0.6) is 0 Å². The second kappa shape index (κ2) is 53.5. The van der Waals surface area contributed by atoms with Crippen LogP contribution in [0.25, 0.3) is 0 Å². The minimum absolute atomic E-state index is 0. The molecule has 0 bridgehead atoms. The van der Waals surface area contributed by atoms with Crippen molar-refractivity contribution in [1.29, 1.82) is 0 Å². The Bertz CT molecular complexity index is 4.14. The third-order valence-electron chi connectivity index (χ3n) is 0. The van der Waals surface area contributed by atoms with E-state index in [-0.39, 0.29) is 121 Å². The van der Waals surface area contributed by atoms with Crippen molar-refractivity contribution < 1.29 is 121 Å². The van der Waals surface area contributed by atoms with Crippen molar-refractivity contribution >= 4 is 0 Å². The fraction of sp³-hybridized carbons (Fsp3) is 0. The summed E-state index contributed by atoms with van der Waals surface area (Å²) in [5, 5.41) is 0. The fourth-order valence-electron chi connectivity index (χ4n) is 0. The average molecular weight is 368 g/mol. The van der Waals surface area contributed by atoms with E-state index < -0.39 is 0 Å². The van der Waals surface area contributed by atoms with Gasteiger partial charge in [0.25, 0.3) is 0 Å². The minimum Gasteiger partial charge on any atom is 0 e. The molecule has 0 aliphatic heterocycles. The Morgan fingerprint density at radius 1 is 0.286 bits per heavy atom. The monoisotopic (exact) mass is 368 g/mol. The van der Waals surface area contributed by atoms with E-state index in [1.165, 1.54) is 0 Å². The molecule has 7 heteroatoms. The predicted molar refractivity (Wildman–Crippen MR) is 0 cm³/mol. The van der Waals surface area contributed by atoms with Crippen LogP contribution in [0.4, 0.5) is 0 Å². The smallest absolute Gasteiger partial charge is 0 e. The van der Waals surface area contributed by atoms with Crippen molar-refractivity contribution in [2.75, 3.05) is 0 Å². The van der Waals surface area contributed by atoms with Crippen molar-refractivity contribution in [3.63, 3.8) is 0 Å². The van der Waals surface area contributed by atoms with Gasteiger partial charge in [-0.05, 0) is 0 Å². The van der Waals surface area contributed by atoms with Crippen LogP contribution in [0.3, 0.4) is 0 Å². The third-order valence-corrected chi connectivity index (χ3v) is 0. The standard InChI is InChI=1S/6Cr.Fe. The van der Waals surface area contributed by atoms with E-state index in [4.69, 9.17) is 0 Å². The maximum absolute atomic E-state index is 0. The molecule has 0 saturated carbocycles. The molecule has 7 heavy (non-hydrogen) atoms. The van der Waals surface area contributed by atoms with E-state index in [1.807, 2.05) is 0 Å². The molecule has 44 valence electrons. The summed E-state index contributed by atoms with van der Waals surface area (Å²) in [7, 11) is 0. The molecular formula is Cr6Fe. The molecule has 0 saturated heterocycles. The van der Waals surface area contributed by atoms with E-state index in [2.05, 4.69) is 0 Å². The van der Waals surface area contributed by atoms with Gasteiger partial charge in [-0.1, -0.05) is 0 Å². The van der Waals surface area contributed by atoms with Crippen molar-refractivity contribution in [1.82, 2.24) is 0 Å². The average Bonchev–Trinajstić information content (AvgIpc) is 0. The normalized spacial score (nSPS) is 0. The van der Waals surface area contributed by atoms with Crippen LogP contribution in [0.2, 0.25) is 0 Å². The van der Waals surface area contributed by atoms with E-state index in [1.54, 1.807) is 0 Å². The Morgan fingerprint density at radius 3 is 0.286 bits per heavy atom. The van der Waals surface area contributed by atoms with E-state index in [0.29, 0.717) is 0 Å². The molecule has 0 fully saturated rings. The van der Waals surface area contributed by atoms with Gasteiger partial charge in [0.05, 0.1) is 0 Å². The molecule has 0 heterocycles. The summed E-state index contributed by atoms with van der Waals surface area (Å²) in [6.07, 6.45) is 0. The van der Waals surface area contributed by atoms with Gasteiger partial charge in [0.15, 0.2) is 0 Å². The molecule has 0 aromatic carbocycles. The van der Waals surface area contributed by atoms with E-state index >= 15 is 0 Å². The Labute approximate surface area is 119 Å². The number of rotatable bonds is 0. The molecule has 0 aliphatic rings. The Balaban J connectivity index is 0. The van der Waals surface area contributed by atoms with Gasteiger partial charge in [-0.15, -0.1) is 0 Å². The van der Waals surface area contributed by atoms with Crippen LogP contribution in [0.15, 0.2) is 0 Å². The van der Waals surface area contributed by atoms with Crippen molar-refractivity contribution in [3.8, 4) is 0 Å². The zero-order chi connectivity index (χ0) is 0. The Morgan fingerprint density at radius 2 is 0.286 bits per heavy atom. The molecule has 0 N–H and O–H groups in total. The summed E-state index contributed by atoms with van der Waals surface area (Å²) < 4.78 is 0. The van der Waals surface area contributed by atoms with Gasteiger partial charge in [0.2, 0.25) is 0 Å². The van der Waals surface area contributed by atoms with Crippen LogP contribution in [-0.2, 0) is 121 Å². The SMILES string of the molecule is [Cr].[Cr].[Cr].[Cr].[Cr].[Cr].[Fe]. The van der Waals surface area contributed by atoms with E-state index in [9.17, 15) is 0 Å². The number of hydrogen-bond acceptors (Lipinski definition) is 0. The van der Waals surface area contributed by atoms with Gasteiger partial charge in [-0.25, -0.2) is 0 Å². The van der Waals surface area contributed by atoms with E-state index in [0.717, 1.165) is 0 Å². The maximum atomic E-state index is 0. The summed E-state index contributed by atoms with van der Waals surface area (Å²) in [5.41, 5.74) is 0. The Kier molecular flexibility index (Phi) is 560. The topological polar surface area (TPSA) is 0 Å². The first-order valence-electron chi connectivity index (χ1n) is 0. The molecule has 0 nitrogen and oxygen atoms in total. The maximum Gasteiger partial charge on any atom is 0 e. The molecular weight excluding hydrogens is 368 g/mol. The van der Waals surface area contributed by atoms with Crippen LogP contribution in [0, 0.1) is 0 Å². The van der Waals surface area contributed by atoms with Crippen LogP contribution in [0.1, 0.15) is 0 Å². The molecule has 0 spiro atoms. The van der Waals surface area contributed by atoms with Crippen molar-refractivity contribution in [2.24, 2.45) is 0 Å². The second-order valence-electron chi connectivity index (χ2n) is 0. The summed E-state index contributed by atoms with van der Waals surface area (Å²) >= 11 is 0. The first-order chi connectivity index (χ1) is 0. The summed E-state index contributed by atoms with van der Waals surface area (Å²) in [6, 6.07) is 0. The first-order valence-corrected chi connectivity index (χ1v) is 0. The van der Waals surface area contributed by atoms with Crippen LogP contribution < -0.4 is 0 Å². The van der Waals surface area contributed by atoms with Gasteiger partial charge in [-0.3, -0.25) is 0 Å². The molecule has 0 aliphatic carbocycles. The molecule has 0 amide bonds. The molecule has 0 aromatic heterocycles. The van der Waals surface area contributed by atoms with Crippen LogP contribution >= 0.6 is 0 Å². The zero-order valence-electron chi connectivity index (χ0n) is 2.80. The van der Waals surface area contributed by atoms with Gasteiger partial charge >= 0.3 is 0 Å². The molecule has 0 rings (SSSR count). The fourth-order valence-corrected chi connectivity index (χ4v) is 0. The second-order valence-corrected chi connectivity index (χ2v) is 0. The largest absolute Gasteiger partial charge is 0 e. The minimum atomic E-state index is 0. The third kappa shape index (κ3) is 41.9. The molecule has 0 unspecified atom stereocenters. The molecule has 0 atom stereocenters. The number of hydrogen-bond donors (Lipinski definition) is 0. The van der Waals surface area contributed by atoms with Crippen LogP contribution in [-0.4, -0.2) is 0 Å². The predicted octanol–water partition coefficient (Wildman–Crippen LogP) is -0.0175. The summed E-state index contributed by atoms with van der Waals surface area (Å²) in [4.78, 5) is 0.